The van der Waals surface area contributed by atoms with Crippen LogP contribution in [0.15, 0.2) is 42.5 Å². The predicted octanol–water partition coefficient (Wildman–Crippen LogP) is 5.87. The molecule has 6 heteroatoms. The first-order valence-electron chi connectivity index (χ1n) is 10.2. The zero-order valence-corrected chi connectivity index (χ0v) is 17.3. The van der Waals surface area contributed by atoms with E-state index in [1.54, 1.807) is 30.3 Å². The van der Waals surface area contributed by atoms with Crippen LogP contribution in [-0.4, -0.2) is 31.8 Å². The molecule has 0 unspecified atom stereocenters. The van der Waals surface area contributed by atoms with Gasteiger partial charge in [-0.05, 0) is 61.7 Å². The molecule has 158 valence electrons. The van der Waals surface area contributed by atoms with Crippen LogP contribution < -0.4 is 14.5 Å². The topological polar surface area (TPSA) is 15.7 Å². The number of anilines is 2. The normalized spacial score (nSPS) is 17.5. The van der Waals surface area contributed by atoms with Crippen molar-refractivity contribution in [2.45, 2.75) is 52.2 Å². The molecule has 1 aliphatic heterocycles. The molecule has 1 aliphatic rings. The highest BCUT2D eigenvalue weighted by Crippen LogP contribution is 2.29. The molecule has 1 fully saturated rings. The van der Waals surface area contributed by atoms with Crippen molar-refractivity contribution in [3.8, 4) is 5.75 Å². The molecule has 0 aliphatic carbocycles. The Balaban J connectivity index is 1.65. The maximum absolute atomic E-state index is 14.7. The number of halogens is 3. The second-order valence-electron chi connectivity index (χ2n) is 7.78. The van der Waals surface area contributed by atoms with Gasteiger partial charge < -0.3 is 14.5 Å². The van der Waals surface area contributed by atoms with Crippen molar-refractivity contribution >= 4 is 11.4 Å². The molecule has 29 heavy (non-hydrogen) atoms. The predicted molar refractivity (Wildman–Crippen MR) is 112 cm³/mol. The number of nitrogens with zero attached hydrogens (tertiary/aromatic N) is 2. The molecule has 0 N–H and O–H groups in total. The van der Waals surface area contributed by atoms with Gasteiger partial charge in [0.2, 0.25) is 0 Å². The first kappa shape index (κ1) is 21.3. The highest BCUT2D eigenvalue weighted by atomic mass is 19.3. The Morgan fingerprint density at radius 1 is 1.10 bits per heavy atom. The highest BCUT2D eigenvalue weighted by Gasteiger charge is 2.26. The lowest BCUT2D eigenvalue weighted by atomic mass is 10.1. The van der Waals surface area contributed by atoms with Gasteiger partial charge in [-0.25, -0.2) is 4.39 Å². The number of alkyl halides is 2. The Kier molecular flexibility index (Phi) is 6.60. The van der Waals surface area contributed by atoms with Crippen LogP contribution >= 0.6 is 0 Å². The molecule has 1 heterocycles. The van der Waals surface area contributed by atoms with Gasteiger partial charge in [-0.2, -0.15) is 8.78 Å². The third-order valence-corrected chi connectivity index (χ3v) is 5.26. The van der Waals surface area contributed by atoms with Gasteiger partial charge in [-0.3, -0.25) is 0 Å². The summed E-state index contributed by atoms with van der Waals surface area (Å²) >= 11 is 0. The fraction of sp³-hybridized carbons (Fsp3) is 0.478. The van der Waals surface area contributed by atoms with Crippen molar-refractivity contribution in [3.05, 3.63) is 53.8 Å². The Hall–Kier alpha value is -2.37. The molecule has 0 saturated carbocycles. The van der Waals surface area contributed by atoms with Crippen LogP contribution in [0.3, 0.4) is 0 Å². The summed E-state index contributed by atoms with van der Waals surface area (Å²) < 4.78 is 45.2. The number of aryl methyl sites for hydroxylation is 1. The summed E-state index contributed by atoms with van der Waals surface area (Å²) in [6, 6.07) is 12.4. The van der Waals surface area contributed by atoms with Gasteiger partial charge in [0.15, 0.2) is 0 Å². The van der Waals surface area contributed by atoms with Crippen molar-refractivity contribution in [2.24, 2.45) is 0 Å². The standard InChI is InChI=1S/C23H29F3N2O/c1-4-5-6-18-7-12-22(21(24)15-18)27-13-14-28(17(2)16-27)19-8-10-20(11-9-19)29-23(3,25)26/h7-12,15,17H,4-6,13-14,16H2,1-3H3/t17-/m0/s1. The third-order valence-electron chi connectivity index (χ3n) is 5.26. The summed E-state index contributed by atoms with van der Waals surface area (Å²) in [7, 11) is 0. The van der Waals surface area contributed by atoms with Crippen LogP contribution in [0.2, 0.25) is 0 Å². The summed E-state index contributed by atoms with van der Waals surface area (Å²) in [5.74, 6) is -0.0287. The van der Waals surface area contributed by atoms with Crippen molar-refractivity contribution < 1.29 is 17.9 Å². The summed E-state index contributed by atoms with van der Waals surface area (Å²) in [4.78, 5) is 4.28. The van der Waals surface area contributed by atoms with Gasteiger partial charge in [0, 0.05) is 38.3 Å². The average Bonchev–Trinajstić information content (AvgIpc) is 2.66. The maximum atomic E-state index is 14.7. The van der Waals surface area contributed by atoms with E-state index in [9.17, 15) is 13.2 Å². The van der Waals surface area contributed by atoms with Crippen LogP contribution in [0, 0.1) is 5.82 Å². The Labute approximate surface area is 171 Å². The van der Waals surface area contributed by atoms with Crippen LogP contribution in [0.1, 0.15) is 39.2 Å². The number of rotatable bonds is 7. The Morgan fingerprint density at radius 2 is 1.83 bits per heavy atom. The second-order valence-corrected chi connectivity index (χ2v) is 7.78. The molecular formula is C23H29F3N2O. The molecule has 0 bridgehead atoms. The molecule has 2 aromatic rings. The smallest absolute Gasteiger partial charge is 0.394 e. The quantitative estimate of drug-likeness (QED) is 0.571. The zero-order chi connectivity index (χ0) is 21.0. The Bertz CT molecular complexity index is 805. The van der Waals surface area contributed by atoms with E-state index >= 15 is 0 Å². The lowest BCUT2D eigenvalue weighted by molar-refractivity contribution is -0.158. The molecule has 0 amide bonds. The number of ether oxygens (including phenoxy) is 1. The van der Waals surface area contributed by atoms with E-state index in [4.69, 9.17) is 0 Å². The average molecular weight is 406 g/mol. The fourth-order valence-corrected chi connectivity index (χ4v) is 3.82. The first-order valence-corrected chi connectivity index (χ1v) is 10.2. The van der Waals surface area contributed by atoms with Gasteiger partial charge in [0.1, 0.15) is 11.6 Å². The lowest BCUT2D eigenvalue weighted by Crippen LogP contribution is -2.52. The van der Waals surface area contributed by atoms with E-state index in [1.807, 2.05) is 12.1 Å². The zero-order valence-electron chi connectivity index (χ0n) is 17.3. The van der Waals surface area contributed by atoms with Gasteiger partial charge in [0.05, 0.1) is 5.69 Å². The minimum Gasteiger partial charge on any atom is -0.433 e. The van der Waals surface area contributed by atoms with Gasteiger partial charge >= 0.3 is 6.11 Å². The van der Waals surface area contributed by atoms with Crippen molar-refractivity contribution in [2.75, 3.05) is 29.4 Å². The monoisotopic (exact) mass is 406 g/mol. The summed E-state index contributed by atoms with van der Waals surface area (Å²) in [5, 5.41) is 0. The van der Waals surface area contributed by atoms with Crippen LogP contribution in [0.4, 0.5) is 24.5 Å². The second kappa shape index (κ2) is 8.97. The number of piperazine rings is 1. The molecule has 0 radical (unpaired) electrons. The van der Waals surface area contributed by atoms with E-state index in [2.05, 4.69) is 28.4 Å². The van der Waals surface area contributed by atoms with E-state index in [0.717, 1.165) is 44.0 Å². The van der Waals surface area contributed by atoms with Gasteiger partial charge in [0.25, 0.3) is 0 Å². The third kappa shape index (κ3) is 5.58. The van der Waals surface area contributed by atoms with E-state index in [0.29, 0.717) is 18.8 Å². The van der Waals surface area contributed by atoms with Crippen LogP contribution in [0.25, 0.3) is 0 Å². The summed E-state index contributed by atoms with van der Waals surface area (Å²) in [5.41, 5.74) is 2.63. The number of benzene rings is 2. The van der Waals surface area contributed by atoms with Crippen LogP contribution in [0.5, 0.6) is 5.75 Å². The molecule has 3 nitrogen and oxygen atoms in total. The van der Waals surface area contributed by atoms with Crippen molar-refractivity contribution in [1.29, 1.82) is 0 Å². The molecule has 0 spiro atoms. The van der Waals surface area contributed by atoms with E-state index < -0.39 is 6.11 Å². The van der Waals surface area contributed by atoms with Gasteiger partial charge in [-0.1, -0.05) is 19.4 Å². The molecule has 1 saturated heterocycles. The summed E-state index contributed by atoms with van der Waals surface area (Å²) in [6.45, 7) is 7.05. The number of unbranched alkanes of at least 4 members (excludes halogenated alkanes) is 1. The SMILES string of the molecule is CCCCc1ccc(N2CCN(c3ccc(OC(C)(F)F)cc3)[C@@H](C)C2)c(F)c1. The molecular weight excluding hydrogens is 377 g/mol. The first-order chi connectivity index (χ1) is 13.8. The minimum atomic E-state index is -3.20. The van der Waals surface area contributed by atoms with E-state index in [1.165, 1.54) is 0 Å². The van der Waals surface area contributed by atoms with E-state index in [-0.39, 0.29) is 17.6 Å². The van der Waals surface area contributed by atoms with Crippen molar-refractivity contribution in [1.82, 2.24) is 0 Å². The van der Waals surface area contributed by atoms with Gasteiger partial charge in [-0.15, -0.1) is 0 Å². The maximum Gasteiger partial charge on any atom is 0.394 e. The highest BCUT2D eigenvalue weighted by molar-refractivity contribution is 5.55. The Morgan fingerprint density at radius 3 is 2.41 bits per heavy atom. The molecule has 2 aromatic carbocycles. The fourth-order valence-electron chi connectivity index (χ4n) is 3.82. The largest absolute Gasteiger partial charge is 0.433 e. The lowest BCUT2D eigenvalue weighted by Gasteiger charge is -2.42. The molecule has 0 aromatic heterocycles. The number of hydrogen-bond acceptors (Lipinski definition) is 3. The minimum absolute atomic E-state index is 0.137. The molecule has 3 rings (SSSR count). The van der Waals surface area contributed by atoms with Crippen LogP contribution in [-0.2, 0) is 6.42 Å². The molecule has 1 atom stereocenters. The number of hydrogen-bond donors (Lipinski definition) is 0. The van der Waals surface area contributed by atoms with Crippen molar-refractivity contribution in [3.63, 3.8) is 0 Å². The summed E-state index contributed by atoms with van der Waals surface area (Å²) in [6.07, 6.45) is -0.136.